The second-order valence-corrected chi connectivity index (χ2v) is 9.59. The summed E-state index contributed by atoms with van der Waals surface area (Å²) in [5.74, 6) is 1.38. The van der Waals surface area contributed by atoms with Gasteiger partial charge in [0.2, 0.25) is 0 Å². The van der Waals surface area contributed by atoms with Crippen molar-refractivity contribution >= 4 is 17.5 Å². The Morgan fingerprint density at radius 2 is 1.85 bits per heavy atom. The van der Waals surface area contributed by atoms with E-state index < -0.39 is 0 Å². The fourth-order valence-corrected chi connectivity index (χ4v) is 4.74. The van der Waals surface area contributed by atoms with Crippen molar-refractivity contribution in [3.05, 3.63) is 101 Å². The minimum atomic E-state index is -0.107. The van der Waals surface area contributed by atoms with Crippen molar-refractivity contribution in [2.75, 3.05) is 5.75 Å². The summed E-state index contributed by atoms with van der Waals surface area (Å²) in [6.07, 6.45) is 4.17. The number of aryl methyl sites for hydroxylation is 1. The predicted molar refractivity (Wildman–Crippen MR) is 140 cm³/mol. The van der Waals surface area contributed by atoms with E-state index in [1.54, 1.807) is 0 Å². The number of nitriles is 1. The number of rotatable bonds is 11. The molecule has 2 aromatic carbocycles. The zero-order valence-corrected chi connectivity index (χ0v) is 20.7. The molecule has 0 amide bonds. The monoisotopic (exact) mass is 455 g/mol. The first-order valence-electron chi connectivity index (χ1n) is 11.6. The van der Waals surface area contributed by atoms with Crippen molar-refractivity contribution in [3.8, 4) is 6.07 Å². The highest BCUT2D eigenvalue weighted by atomic mass is 32.2. The van der Waals surface area contributed by atoms with Crippen molar-refractivity contribution in [1.29, 1.82) is 5.26 Å². The first-order valence-corrected chi connectivity index (χ1v) is 12.6. The molecule has 4 heteroatoms. The molecule has 0 aliphatic carbocycles. The summed E-state index contributed by atoms with van der Waals surface area (Å²) in [7, 11) is 0. The molecule has 1 heterocycles. The van der Waals surface area contributed by atoms with E-state index in [2.05, 4.69) is 99.4 Å². The standard InChI is InChI=1S/C29H33N3S/c1-5-24-19-26(20-31-29(24)21(3)18-23-10-8-7-9-11-23)22(4)32-28(16-17-30)25-12-14-27(15-13-25)33-6-2/h7-15,19-21,28,32H,4-6,16,18H2,1-3H3. The first kappa shape index (κ1) is 24.6. The van der Waals surface area contributed by atoms with E-state index in [0.29, 0.717) is 12.3 Å². The van der Waals surface area contributed by atoms with Gasteiger partial charge in [-0.2, -0.15) is 5.26 Å². The number of benzene rings is 2. The highest BCUT2D eigenvalue weighted by Gasteiger charge is 2.16. The van der Waals surface area contributed by atoms with E-state index in [1.165, 1.54) is 16.0 Å². The molecule has 0 spiro atoms. The van der Waals surface area contributed by atoms with Crippen LogP contribution in [-0.2, 0) is 12.8 Å². The van der Waals surface area contributed by atoms with E-state index in [-0.39, 0.29) is 6.04 Å². The van der Waals surface area contributed by atoms with Crippen LogP contribution in [0.5, 0.6) is 0 Å². The van der Waals surface area contributed by atoms with Gasteiger partial charge in [0, 0.05) is 34.0 Å². The van der Waals surface area contributed by atoms with Crippen LogP contribution in [0.3, 0.4) is 0 Å². The van der Waals surface area contributed by atoms with Gasteiger partial charge in [0.1, 0.15) is 0 Å². The Balaban J connectivity index is 1.75. The molecule has 3 aromatic rings. The molecule has 0 saturated heterocycles. The Bertz CT molecular complexity index is 1080. The van der Waals surface area contributed by atoms with Gasteiger partial charge >= 0.3 is 0 Å². The molecule has 0 aliphatic heterocycles. The van der Waals surface area contributed by atoms with E-state index in [1.807, 2.05) is 18.0 Å². The number of hydrogen-bond acceptors (Lipinski definition) is 4. The fraction of sp³-hybridized carbons (Fsp3) is 0.310. The van der Waals surface area contributed by atoms with Crippen LogP contribution in [-0.4, -0.2) is 10.7 Å². The van der Waals surface area contributed by atoms with Gasteiger partial charge in [0.15, 0.2) is 0 Å². The Morgan fingerprint density at radius 1 is 1.12 bits per heavy atom. The van der Waals surface area contributed by atoms with Gasteiger partial charge < -0.3 is 5.32 Å². The van der Waals surface area contributed by atoms with Crippen LogP contribution in [0.2, 0.25) is 0 Å². The summed E-state index contributed by atoms with van der Waals surface area (Å²) < 4.78 is 0. The molecule has 33 heavy (non-hydrogen) atoms. The Kier molecular flexibility index (Phi) is 9.15. The molecule has 1 N–H and O–H groups in total. The van der Waals surface area contributed by atoms with Gasteiger partial charge in [-0.15, -0.1) is 11.8 Å². The molecule has 3 nitrogen and oxygen atoms in total. The molecule has 2 atom stereocenters. The van der Waals surface area contributed by atoms with Crippen LogP contribution in [0, 0.1) is 11.3 Å². The third kappa shape index (κ3) is 6.73. The smallest absolute Gasteiger partial charge is 0.0647 e. The molecular formula is C29H33N3S. The summed E-state index contributed by atoms with van der Waals surface area (Å²) >= 11 is 1.82. The van der Waals surface area contributed by atoms with E-state index in [4.69, 9.17) is 4.98 Å². The van der Waals surface area contributed by atoms with Crippen molar-refractivity contribution < 1.29 is 0 Å². The van der Waals surface area contributed by atoms with Crippen molar-refractivity contribution in [2.45, 2.75) is 56.9 Å². The molecule has 0 aliphatic rings. The Hall–Kier alpha value is -3.03. The van der Waals surface area contributed by atoms with Crippen LogP contribution in [0.4, 0.5) is 0 Å². The second kappa shape index (κ2) is 12.3. The Labute approximate surface area is 203 Å². The van der Waals surface area contributed by atoms with Gasteiger partial charge in [-0.05, 0) is 53.5 Å². The highest BCUT2D eigenvalue weighted by Crippen LogP contribution is 2.27. The largest absolute Gasteiger partial charge is 0.377 e. The molecule has 1 aromatic heterocycles. The predicted octanol–water partition coefficient (Wildman–Crippen LogP) is 7.32. The lowest BCUT2D eigenvalue weighted by Gasteiger charge is -2.21. The summed E-state index contributed by atoms with van der Waals surface area (Å²) in [5, 5.41) is 12.9. The number of aromatic nitrogens is 1. The quantitative estimate of drug-likeness (QED) is 0.308. The fourth-order valence-electron chi connectivity index (χ4n) is 4.08. The molecule has 3 rings (SSSR count). The molecule has 0 saturated carbocycles. The number of thioether (sulfide) groups is 1. The average molecular weight is 456 g/mol. The van der Waals surface area contributed by atoms with Gasteiger partial charge in [-0.25, -0.2) is 0 Å². The topological polar surface area (TPSA) is 48.7 Å². The SMILES string of the molecule is C=C(NC(CC#N)c1ccc(SCC)cc1)c1cnc(C(C)Cc2ccccc2)c(CC)c1. The van der Waals surface area contributed by atoms with Crippen molar-refractivity contribution in [2.24, 2.45) is 0 Å². The van der Waals surface area contributed by atoms with Gasteiger partial charge in [-0.3, -0.25) is 4.98 Å². The van der Waals surface area contributed by atoms with Crippen LogP contribution in [0.25, 0.3) is 5.70 Å². The minimum Gasteiger partial charge on any atom is -0.377 e. The van der Waals surface area contributed by atoms with Gasteiger partial charge in [-0.1, -0.05) is 69.8 Å². The van der Waals surface area contributed by atoms with Gasteiger partial charge in [0.25, 0.3) is 0 Å². The summed E-state index contributed by atoms with van der Waals surface area (Å²) in [4.78, 5) is 6.10. The summed E-state index contributed by atoms with van der Waals surface area (Å²) in [6.45, 7) is 10.8. The number of nitrogens with one attached hydrogen (secondary N) is 1. The number of pyridine rings is 1. The average Bonchev–Trinajstić information content (AvgIpc) is 2.84. The molecule has 170 valence electrons. The normalized spacial score (nSPS) is 12.5. The number of hydrogen-bond donors (Lipinski definition) is 1. The maximum absolute atomic E-state index is 9.38. The van der Waals surface area contributed by atoms with E-state index >= 15 is 0 Å². The molecule has 2 unspecified atom stereocenters. The van der Waals surface area contributed by atoms with Crippen molar-refractivity contribution in [3.63, 3.8) is 0 Å². The third-order valence-electron chi connectivity index (χ3n) is 5.82. The minimum absolute atomic E-state index is 0.107. The molecule has 0 fully saturated rings. The van der Waals surface area contributed by atoms with Crippen LogP contribution in [0.1, 0.15) is 67.1 Å². The highest BCUT2D eigenvalue weighted by molar-refractivity contribution is 7.99. The zero-order valence-electron chi connectivity index (χ0n) is 19.8. The summed E-state index contributed by atoms with van der Waals surface area (Å²) in [6, 6.07) is 23.4. The third-order valence-corrected chi connectivity index (χ3v) is 6.71. The lowest BCUT2D eigenvalue weighted by Crippen LogP contribution is -2.19. The lowest BCUT2D eigenvalue weighted by atomic mass is 9.92. The molecular weight excluding hydrogens is 422 g/mol. The van der Waals surface area contributed by atoms with Crippen LogP contribution in [0.15, 0.2) is 78.3 Å². The van der Waals surface area contributed by atoms with Crippen LogP contribution < -0.4 is 5.32 Å². The van der Waals surface area contributed by atoms with Gasteiger partial charge in [0.05, 0.1) is 18.5 Å². The van der Waals surface area contributed by atoms with Crippen LogP contribution >= 0.6 is 11.8 Å². The summed E-state index contributed by atoms with van der Waals surface area (Å²) in [5.41, 5.74) is 6.59. The first-order chi connectivity index (χ1) is 16.0. The van der Waals surface area contributed by atoms with Crippen molar-refractivity contribution in [1.82, 2.24) is 10.3 Å². The maximum atomic E-state index is 9.38. The zero-order chi connectivity index (χ0) is 23.6. The van der Waals surface area contributed by atoms with E-state index in [0.717, 1.165) is 41.1 Å². The maximum Gasteiger partial charge on any atom is 0.0647 e. The molecule has 0 radical (unpaired) electrons. The number of nitrogens with zero attached hydrogens (tertiary/aromatic N) is 2. The van der Waals surface area contributed by atoms with E-state index in [9.17, 15) is 5.26 Å². The Morgan fingerprint density at radius 3 is 2.48 bits per heavy atom. The molecule has 0 bridgehead atoms. The second-order valence-electron chi connectivity index (χ2n) is 8.25. The lowest BCUT2D eigenvalue weighted by molar-refractivity contribution is 0.649.